The topological polar surface area (TPSA) is 24.1 Å². The van der Waals surface area contributed by atoms with Crippen molar-refractivity contribution >= 4 is 0 Å². The van der Waals surface area contributed by atoms with Crippen molar-refractivity contribution in [2.45, 2.75) is 33.6 Å². The first-order valence-corrected chi connectivity index (χ1v) is 5.56. The van der Waals surface area contributed by atoms with Crippen molar-refractivity contribution in [2.24, 2.45) is 11.8 Å². The van der Waals surface area contributed by atoms with Crippen LogP contribution >= 0.6 is 0 Å². The molecule has 0 amide bonds. The fourth-order valence-corrected chi connectivity index (χ4v) is 1.35. The molecule has 1 atom stereocenters. The Bertz CT molecular complexity index is 102. The summed E-state index contributed by atoms with van der Waals surface area (Å²) in [5.41, 5.74) is 0. The van der Waals surface area contributed by atoms with E-state index in [1.807, 2.05) is 7.05 Å². The van der Waals surface area contributed by atoms with Crippen molar-refractivity contribution in [3.05, 3.63) is 0 Å². The van der Waals surface area contributed by atoms with Crippen LogP contribution in [0.1, 0.15) is 33.6 Å². The number of hydrogen-bond donors (Lipinski definition) is 2. The Balaban J connectivity index is 3.27. The van der Waals surface area contributed by atoms with Gasteiger partial charge in [0.25, 0.3) is 0 Å². The van der Waals surface area contributed by atoms with E-state index in [-0.39, 0.29) is 0 Å². The highest BCUT2D eigenvalue weighted by Crippen LogP contribution is 2.00. The van der Waals surface area contributed by atoms with Crippen LogP contribution in [0, 0.1) is 11.8 Å². The van der Waals surface area contributed by atoms with Crippen molar-refractivity contribution in [1.29, 1.82) is 0 Å². The molecule has 0 aromatic carbocycles. The molecule has 0 bridgehead atoms. The first-order valence-electron chi connectivity index (χ1n) is 5.56. The molecule has 13 heavy (non-hydrogen) atoms. The SMILES string of the molecule is CCC(CNC)CNCCC(C)C. The molecule has 0 heterocycles. The molecule has 0 aliphatic heterocycles. The summed E-state index contributed by atoms with van der Waals surface area (Å²) in [6.45, 7) is 10.2. The summed E-state index contributed by atoms with van der Waals surface area (Å²) in [6, 6.07) is 0. The second-order valence-corrected chi connectivity index (χ2v) is 4.22. The van der Waals surface area contributed by atoms with Crippen LogP contribution in [-0.4, -0.2) is 26.7 Å². The van der Waals surface area contributed by atoms with E-state index in [1.54, 1.807) is 0 Å². The molecular formula is C11H26N2. The number of hydrogen-bond acceptors (Lipinski definition) is 2. The summed E-state index contributed by atoms with van der Waals surface area (Å²) in [4.78, 5) is 0. The minimum Gasteiger partial charge on any atom is -0.319 e. The highest BCUT2D eigenvalue weighted by Gasteiger charge is 2.03. The van der Waals surface area contributed by atoms with Crippen molar-refractivity contribution in [1.82, 2.24) is 10.6 Å². The Labute approximate surface area is 83.5 Å². The fourth-order valence-electron chi connectivity index (χ4n) is 1.35. The normalized spacial score (nSPS) is 13.6. The highest BCUT2D eigenvalue weighted by molar-refractivity contribution is 4.62. The van der Waals surface area contributed by atoms with E-state index in [1.165, 1.54) is 12.8 Å². The lowest BCUT2D eigenvalue weighted by molar-refractivity contribution is 0.431. The summed E-state index contributed by atoms with van der Waals surface area (Å²) in [5.74, 6) is 1.61. The van der Waals surface area contributed by atoms with Gasteiger partial charge in [-0.15, -0.1) is 0 Å². The Morgan fingerprint density at radius 3 is 2.31 bits per heavy atom. The first-order chi connectivity index (χ1) is 6.20. The summed E-state index contributed by atoms with van der Waals surface area (Å²) in [7, 11) is 2.02. The Morgan fingerprint density at radius 1 is 1.15 bits per heavy atom. The zero-order valence-corrected chi connectivity index (χ0v) is 9.69. The molecule has 2 heteroatoms. The van der Waals surface area contributed by atoms with Gasteiger partial charge in [0.2, 0.25) is 0 Å². The van der Waals surface area contributed by atoms with Gasteiger partial charge in [-0.2, -0.15) is 0 Å². The number of nitrogens with one attached hydrogen (secondary N) is 2. The van der Waals surface area contributed by atoms with Crippen LogP contribution < -0.4 is 10.6 Å². The van der Waals surface area contributed by atoms with Crippen LogP contribution in [0.2, 0.25) is 0 Å². The maximum Gasteiger partial charge on any atom is -0.000848 e. The molecular weight excluding hydrogens is 160 g/mol. The third-order valence-corrected chi connectivity index (χ3v) is 2.40. The van der Waals surface area contributed by atoms with E-state index in [0.717, 1.165) is 31.5 Å². The standard InChI is InChI=1S/C11H26N2/c1-5-11(8-12-4)9-13-7-6-10(2)3/h10-13H,5-9H2,1-4H3. The van der Waals surface area contributed by atoms with Crippen LogP contribution in [0.3, 0.4) is 0 Å². The summed E-state index contributed by atoms with van der Waals surface area (Å²) in [5, 5.41) is 6.74. The molecule has 0 saturated heterocycles. The third-order valence-electron chi connectivity index (χ3n) is 2.40. The van der Waals surface area contributed by atoms with Gasteiger partial charge in [0, 0.05) is 0 Å². The molecule has 2 N–H and O–H groups in total. The third kappa shape index (κ3) is 8.26. The van der Waals surface area contributed by atoms with Gasteiger partial charge in [0.15, 0.2) is 0 Å². The van der Waals surface area contributed by atoms with E-state index in [2.05, 4.69) is 31.4 Å². The van der Waals surface area contributed by atoms with Gasteiger partial charge in [-0.1, -0.05) is 27.2 Å². The smallest absolute Gasteiger partial charge is 0.000848 e. The minimum atomic E-state index is 0.789. The molecule has 0 aromatic heterocycles. The lowest BCUT2D eigenvalue weighted by Gasteiger charge is -2.15. The molecule has 0 aromatic rings. The van der Waals surface area contributed by atoms with E-state index < -0.39 is 0 Å². The second-order valence-electron chi connectivity index (χ2n) is 4.22. The summed E-state index contributed by atoms with van der Waals surface area (Å²) >= 11 is 0. The predicted molar refractivity (Wildman–Crippen MR) is 60.0 cm³/mol. The molecule has 0 rings (SSSR count). The van der Waals surface area contributed by atoms with Crippen LogP contribution in [0.5, 0.6) is 0 Å². The minimum absolute atomic E-state index is 0.789. The Hall–Kier alpha value is -0.0800. The van der Waals surface area contributed by atoms with E-state index >= 15 is 0 Å². The zero-order valence-electron chi connectivity index (χ0n) is 9.69. The van der Waals surface area contributed by atoms with Crippen LogP contribution in [0.4, 0.5) is 0 Å². The quantitative estimate of drug-likeness (QED) is 0.566. The Kier molecular flexibility index (Phi) is 8.46. The van der Waals surface area contributed by atoms with Gasteiger partial charge in [0.1, 0.15) is 0 Å². The maximum atomic E-state index is 3.51. The van der Waals surface area contributed by atoms with Gasteiger partial charge in [-0.05, 0) is 44.9 Å². The molecule has 0 aliphatic carbocycles. The molecule has 0 aliphatic rings. The molecule has 0 radical (unpaired) electrons. The second kappa shape index (κ2) is 8.52. The number of rotatable bonds is 8. The van der Waals surface area contributed by atoms with Crippen LogP contribution in [0.15, 0.2) is 0 Å². The van der Waals surface area contributed by atoms with Gasteiger partial charge in [0.05, 0.1) is 0 Å². The van der Waals surface area contributed by atoms with E-state index in [4.69, 9.17) is 0 Å². The average Bonchev–Trinajstić information content (AvgIpc) is 2.10. The largest absolute Gasteiger partial charge is 0.319 e. The zero-order chi connectivity index (χ0) is 10.1. The fraction of sp³-hybridized carbons (Fsp3) is 1.00. The molecule has 2 nitrogen and oxygen atoms in total. The van der Waals surface area contributed by atoms with Crippen molar-refractivity contribution in [3.63, 3.8) is 0 Å². The summed E-state index contributed by atoms with van der Waals surface area (Å²) < 4.78 is 0. The van der Waals surface area contributed by atoms with Gasteiger partial charge in [-0.25, -0.2) is 0 Å². The average molecular weight is 186 g/mol. The lowest BCUT2D eigenvalue weighted by Crippen LogP contribution is -2.30. The monoisotopic (exact) mass is 186 g/mol. The molecule has 0 spiro atoms. The summed E-state index contributed by atoms with van der Waals surface area (Å²) in [6.07, 6.45) is 2.55. The van der Waals surface area contributed by atoms with Crippen molar-refractivity contribution in [3.8, 4) is 0 Å². The molecule has 1 unspecified atom stereocenters. The van der Waals surface area contributed by atoms with Crippen molar-refractivity contribution in [2.75, 3.05) is 26.7 Å². The van der Waals surface area contributed by atoms with Gasteiger partial charge >= 0.3 is 0 Å². The highest BCUT2D eigenvalue weighted by atomic mass is 14.9. The van der Waals surface area contributed by atoms with Gasteiger partial charge in [-0.3, -0.25) is 0 Å². The molecule has 0 fully saturated rings. The van der Waals surface area contributed by atoms with E-state index in [9.17, 15) is 0 Å². The van der Waals surface area contributed by atoms with Crippen LogP contribution in [0.25, 0.3) is 0 Å². The Morgan fingerprint density at radius 2 is 1.85 bits per heavy atom. The van der Waals surface area contributed by atoms with Crippen molar-refractivity contribution < 1.29 is 0 Å². The van der Waals surface area contributed by atoms with E-state index in [0.29, 0.717) is 0 Å². The first kappa shape index (κ1) is 12.9. The lowest BCUT2D eigenvalue weighted by atomic mass is 10.1. The van der Waals surface area contributed by atoms with Crippen LogP contribution in [-0.2, 0) is 0 Å². The predicted octanol–water partition coefficient (Wildman–Crippen LogP) is 1.87. The van der Waals surface area contributed by atoms with Gasteiger partial charge < -0.3 is 10.6 Å². The molecule has 0 saturated carbocycles. The maximum absolute atomic E-state index is 3.51. The molecule has 80 valence electrons.